The van der Waals surface area contributed by atoms with Crippen LogP contribution in [0.4, 0.5) is 5.69 Å². The third-order valence-electron chi connectivity index (χ3n) is 4.13. The summed E-state index contributed by atoms with van der Waals surface area (Å²) in [5.74, 6) is 1.56. The van der Waals surface area contributed by atoms with Crippen molar-refractivity contribution in [2.45, 2.75) is 20.0 Å². The van der Waals surface area contributed by atoms with Crippen LogP contribution in [-0.4, -0.2) is 17.1 Å². The van der Waals surface area contributed by atoms with Gasteiger partial charge in [0.25, 0.3) is 0 Å². The van der Waals surface area contributed by atoms with Gasteiger partial charge in [-0.2, -0.15) is 0 Å². The van der Waals surface area contributed by atoms with Crippen LogP contribution >= 0.6 is 23.8 Å². The predicted molar refractivity (Wildman–Crippen MR) is 113 cm³/mol. The summed E-state index contributed by atoms with van der Waals surface area (Å²) in [6.07, 6.45) is 1.66. The van der Waals surface area contributed by atoms with E-state index in [1.807, 2.05) is 66.4 Å². The zero-order chi connectivity index (χ0) is 19.2. The average molecular weight is 401 g/mol. The lowest BCUT2D eigenvalue weighted by Crippen LogP contribution is -2.34. The molecule has 0 spiro atoms. The van der Waals surface area contributed by atoms with Gasteiger partial charge in [0.15, 0.2) is 5.11 Å². The molecule has 0 aliphatic heterocycles. The quantitative estimate of drug-likeness (QED) is 0.541. The number of ether oxygens (including phenoxy) is 1. The van der Waals surface area contributed by atoms with Crippen LogP contribution in [0.3, 0.4) is 0 Å². The molecule has 1 aromatic heterocycles. The second kappa shape index (κ2) is 8.93. The van der Waals surface area contributed by atoms with Crippen molar-refractivity contribution in [3.05, 3.63) is 82.8 Å². The molecule has 0 unspecified atom stereocenters. The van der Waals surface area contributed by atoms with Gasteiger partial charge in [-0.25, -0.2) is 0 Å². The number of hydrogen-bond donors (Lipinski definition) is 1. The molecule has 0 saturated heterocycles. The Morgan fingerprint density at radius 1 is 1.15 bits per heavy atom. The number of rotatable bonds is 6. The number of benzene rings is 2. The fourth-order valence-corrected chi connectivity index (χ4v) is 3.15. The van der Waals surface area contributed by atoms with Crippen molar-refractivity contribution in [2.75, 3.05) is 12.4 Å². The van der Waals surface area contributed by atoms with Crippen molar-refractivity contribution in [2.24, 2.45) is 0 Å². The summed E-state index contributed by atoms with van der Waals surface area (Å²) in [5, 5.41) is 4.56. The molecule has 2 aromatic carbocycles. The third kappa shape index (κ3) is 5.02. The molecule has 0 aliphatic rings. The van der Waals surface area contributed by atoms with Crippen molar-refractivity contribution in [3.8, 4) is 5.75 Å². The topological polar surface area (TPSA) is 37.6 Å². The number of thiocarbonyl (C=S) groups is 1. The normalized spacial score (nSPS) is 10.5. The van der Waals surface area contributed by atoms with Gasteiger partial charge in [0, 0.05) is 11.6 Å². The number of nitrogens with one attached hydrogen (secondary N) is 1. The number of anilines is 1. The van der Waals surface area contributed by atoms with Gasteiger partial charge in [0.05, 0.1) is 25.6 Å². The summed E-state index contributed by atoms with van der Waals surface area (Å²) in [6.45, 7) is 3.10. The van der Waals surface area contributed by atoms with Crippen LogP contribution in [0.15, 0.2) is 65.3 Å². The second-order valence-electron chi connectivity index (χ2n) is 6.16. The molecule has 6 heteroatoms. The number of furan rings is 1. The molecular formula is C21H21ClN2O2S. The molecule has 1 N–H and O–H groups in total. The largest absolute Gasteiger partial charge is 0.495 e. The summed E-state index contributed by atoms with van der Waals surface area (Å²) in [5.41, 5.74) is 2.93. The van der Waals surface area contributed by atoms with Crippen LogP contribution in [0.2, 0.25) is 5.02 Å². The van der Waals surface area contributed by atoms with Crippen LogP contribution in [0.1, 0.15) is 16.9 Å². The summed E-state index contributed by atoms with van der Waals surface area (Å²) < 4.78 is 11.0. The van der Waals surface area contributed by atoms with Crippen LogP contribution in [0.5, 0.6) is 5.75 Å². The molecule has 0 bridgehead atoms. The lowest BCUT2D eigenvalue weighted by molar-refractivity contribution is 0.360. The highest BCUT2D eigenvalue weighted by molar-refractivity contribution is 7.80. The van der Waals surface area contributed by atoms with Crippen LogP contribution in [0.25, 0.3) is 0 Å². The first-order chi connectivity index (χ1) is 13.1. The fraction of sp³-hybridized carbons (Fsp3) is 0.190. The summed E-state index contributed by atoms with van der Waals surface area (Å²) in [7, 11) is 1.65. The molecule has 0 aliphatic carbocycles. The average Bonchev–Trinajstić information content (AvgIpc) is 3.17. The molecule has 3 rings (SSSR count). The lowest BCUT2D eigenvalue weighted by Gasteiger charge is -2.26. The minimum Gasteiger partial charge on any atom is -0.495 e. The minimum absolute atomic E-state index is 0.526. The smallest absolute Gasteiger partial charge is 0.174 e. The Morgan fingerprint density at radius 3 is 2.67 bits per heavy atom. The highest BCUT2D eigenvalue weighted by atomic mass is 35.5. The van der Waals surface area contributed by atoms with E-state index in [-0.39, 0.29) is 0 Å². The van der Waals surface area contributed by atoms with E-state index < -0.39 is 0 Å². The maximum Gasteiger partial charge on any atom is 0.174 e. The molecule has 0 saturated carbocycles. The highest BCUT2D eigenvalue weighted by Crippen LogP contribution is 2.26. The van der Waals surface area contributed by atoms with Gasteiger partial charge in [-0.15, -0.1) is 0 Å². The lowest BCUT2D eigenvalue weighted by atomic mass is 10.2. The number of methoxy groups -OCH3 is 1. The van der Waals surface area contributed by atoms with E-state index in [1.165, 1.54) is 0 Å². The van der Waals surface area contributed by atoms with E-state index in [1.54, 1.807) is 13.4 Å². The van der Waals surface area contributed by atoms with Gasteiger partial charge in [-0.05, 0) is 60.6 Å². The van der Waals surface area contributed by atoms with E-state index in [0.717, 1.165) is 28.3 Å². The fourth-order valence-electron chi connectivity index (χ4n) is 2.72. The molecular weight excluding hydrogens is 380 g/mol. The van der Waals surface area contributed by atoms with Crippen molar-refractivity contribution in [1.29, 1.82) is 0 Å². The molecule has 0 radical (unpaired) electrons. The van der Waals surface area contributed by atoms with E-state index in [0.29, 0.717) is 23.2 Å². The highest BCUT2D eigenvalue weighted by Gasteiger charge is 2.16. The van der Waals surface area contributed by atoms with Crippen LogP contribution in [-0.2, 0) is 13.1 Å². The molecule has 3 aromatic rings. The Hall–Kier alpha value is -2.50. The van der Waals surface area contributed by atoms with Gasteiger partial charge in [0.2, 0.25) is 0 Å². The Labute approximate surface area is 169 Å². The van der Waals surface area contributed by atoms with Gasteiger partial charge in [0.1, 0.15) is 11.5 Å². The van der Waals surface area contributed by atoms with Crippen molar-refractivity contribution >= 4 is 34.6 Å². The molecule has 0 atom stereocenters. The Bertz CT molecular complexity index is 912. The van der Waals surface area contributed by atoms with E-state index >= 15 is 0 Å². The third-order valence-corrected chi connectivity index (χ3v) is 4.86. The number of nitrogens with zero attached hydrogens (tertiary/aromatic N) is 1. The first-order valence-corrected chi connectivity index (χ1v) is 9.32. The monoisotopic (exact) mass is 400 g/mol. The zero-order valence-corrected chi connectivity index (χ0v) is 16.8. The zero-order valence-electron chi connectivity index (χ0n) is 15.2. The second-order valence-corrected chi connectivity index (χ2v) is 6.95. The number of hydrogen-bond acceptors (Lipinski definition) is 3. The Kier molecular flexibility index (Phi) is 6.37. The van der Waals surface area contributed by atoms with E-state index in [2.05, 4.69) is 5.32 Å². The van der Waals surface area contributed by atoms with Gasteiger partial charge < -0.3 is 19.4 Å². The van der Waals surface area contributed by atoms with Crippen LogP contribution in [0, 0.1) is 6.92 Å². The minimum atomic E-state index is 0.526. The molecule has 4 nitrogen and oxygen atoms in total. The molecule has 0 amide bonds. The maximum atomic E-state index is 6.35. The van der Waals surface area contributed by atoms with Gasteiger partial charge in [-0.1, -0.05) is 35.9 Å². The summed E-state index contributed by atoms with van der Waals surface area (Å²) in [6, 6.07) is 17.5. The van der Waals surface area contributed by atoms with Crippen molar-refractivity contribution in [1.82, 2.24) is 4.90 Å². The summed E-state index contributed by atoms with van der Waals surface area (Å²) in [4.78, 5) is 2.01. The molecule has 1 heterocycles. The SMILES string of the molecule is COc1cc(C)ccc1NC(=S)N(Cc1ccco1)Cc1ccccc1Cl. The Balaban J connectivity index is 1.83. The van der Waals surface area contributed by atoms with Crippen molar-refractivity contribution < 1.29 is 9.15 Å². The van der Waals surface area contributed by atoms with E-state index in [9.17, 15) is 0 Å². The predicted octanol–water partition coefficient (Wildman–Crippen LogP) is 5.65. The maximum absolute atomic E-state index is 6.35. The molecule has 140 valence electrons. The Morgan fingerprint density at radius 2 is 1.96 bits per heavy atom. The number of halogens is 1. The van der Waals surface area contributed by atoms with E-state index in [4.69, 9.17) is 33.0 Å². The number of aryl methyl sites for hydroxylation is 1. The summed E-state index contributed by atoms with van der Waals surface area (Å²) >= 11 is 12.0. The van der Waals surface area contributed by atoms with Crippen molar-refractivity contribution in [3.63, 3.8) is 0 Å². The molecule has 0 fully saturated rings. The standard InChI is InChI=1S/C21H21ClN2O2S/c1-15-9-10-19(20(12-15)25-2)23-21(27)24(14-17-7-5-11-26-17)13-16-6-3-4-8-18(16)22/h3-12H,13-14H2,1-2H3,(H,23,27). The van der Waals surface area contributed by atoms with Crippen LogP contribution < -0.4 is 10.1 Å². The van der Waals surface area contributed by atoms with Gasteiger partial charge >= 0.3 is 0 Å². The van der Waals surface area contributed by atoms with Gasteiger partial charge in [-0.3, -0.25) is 0 Å². The first kappa shape index (κ1) is 19.3. The first-order valence-electron chi connectivity index (χ1n) is 8.53. The molecule has 27 heavy (non-hydrogen) atoms.